The Morgan fingerprint density at radius 1 is 1.30 bits per heavy atom. The van der Waals surface area contributed by atoms with Gasteiger partial charge in [-0.1, -0.05) is 27.7 Å². The highest BCUT2D eigenvalue weighted by molar-refractivity contribution is 14.1. The third-order valence-corrected chi connectivity index (χ3v) is 9.06. The van der Waals surface area contributed by atoms with E-state index in [-0.39, 0.29) is 22.3 Å². The second-order valence-corrected chi connectivity index (χ2v) is 13.2. The molecule has 2 aliphatic heterocycles. The van der Waals surface area contributed by atoms with E-state index >= 15 is 0 Å². The Bertz CT molecular complexity index is 1420. The first-order chi connectivity index (χ1) is 20.6. The largest absolute Gasteiger partial charge is 0.614 e. The summed E-state index contributed by atoms with van der Waals surface area (Å²) in [6.45, 7) is 4.97. The fourth-order valence-electron chi connectivity index (χ4n) is 3.88. The van der Waals surface area contributed by atoms with E-state index in [2.05, 4.69) is 25.4 Å². The molecule has 236 valence electrons. The van der Waals surface area contributed by atoms with Gasteiger partial charge in [0.05, 0.1) is 6.42 Å². The number of hydrogen-bond donors (Lipinski definition) is 3. The summed E-state index contributed by atoms with van der Waals surface area (Å²) in [7, 11) is 2.18. The zero-order valence-corrected chi connectivity index (χ0v) is 27.8. The van der Waals surface area contributed by atoms with Gasteiger partial charge >= 0.3 is 34.1 Å². The van der Waals surface area contributed by atoms with Crippen molar-refractivity contribution in [3.05, 3.63) is 22.3 Å². The van der Waals surface area contributed by atoms with Crippen molar-refractivity contribution >= 4 is 108 Å². The number of carbonyl (C=O) groups excluding carboxylic acids is 6. The molecule has 1 unspecified atom stereocenters. The van der Waals surface area contributed by atoms with Gasteiger partial charge in [0.25, 0.3) is 11.8 Å². The van der Waals surface area contributed by atoms with Crippen molar-refractivity contribution in [2.75, 3.05) is 15.5 Å². The number of nitrogens with two attached hydrogens (primary N) is 1. The highest BCUT2D eigenvalue weighted by Gasteiger charge is 2.61. The zero-order chi connectivity index (χ0) is 32.9. The Morgan fingerprint density at radius 3 is 2.55 bits per heavy atom. The summed E-state index contributed by atoms with van der Waals surface area (Å²) < 4.78 is 27.9. The van der Waals surface area contributed by atoms with Crippen LogP contribution >= 0.6 is 33.9 Å². The molecular weight excluding hydrogens is 737 g/mol. The van der Waals surface area contributed by atoms with E-state index in [0.717, 1.165) is 32.3 Å². The van der Waals surface area contributed by atoms with Gasteiger partial charge in [-0.25, -0.2) is 19.4 Å². The number of aromatic nitrogens is 1. The maximum absolute atomic E-state index is 13.5. The Kier molecular flexibility index (Phi) is 11.7. The summed E-state index contributed by atoms with van der Waals surface area (Å²) in [5.41, 5.74) is 4.03. The summed E-state index contributed by atoms with van der Waals surface area (Å²) in [4.78, 5) is 85.2. The number of alkyl halides is 1. The number of nitrogens with zero attached hydrogens (tertiary/aromatic N) is 3. The molecule has 0 aromatic carbocycles. The van der Waals surface area contributed by atoms with Gasteiger partial charge in [0.2, 0.25) is 17.4 Å². The van der Waals surface area contributed by atoms with Crippen LogP contribution in [0.25, 0.3) is 0 Å². The number of amides is 4. The van der Waals surface area contributed by atoms with Crippen LogP contribution in [0, 0.1) is 0 Å². The molecule has 1 fully saturated rings. The average Bonchev–Trinajstić information content (AvgIpc) is 3.40. The number of ether oxygens (including phenoxy) is 1. The Morgan fingerprint density at radius 2 is 1.98 bits per heavy atom. The molecular formula is C22H27B2IN6O11S2. The standard InChI is InChI=1S/C22H27B2IN6O11S2/c1-22(2,3)39-21(37)29-20-27-9(6-43-20)12(30-42-10(4-11(26)32)18(35)40-23)15(33)28-13-16(34)31-14(19(36)41-24)8(5-25)7-44(38)17(13)31/h6,10,13,17H,4-5,7,23-24H2,1-3H3,(H2,26,32)(H,28,33)(H,27,29,37)/b30-12-/t10-,13+,17+,44?/m0/s1. The number of fused-ring (bicyclic) bond motifs is 1. The van der Waals surface area contributed by atoms with Crippen molar-refractivity contribution < 1.29 is 52.2 Å². The first kappa shape index (κ1) is 35.1. The van der Waals surface area contributed by atoms with Crippen LogP contribution in [0.1, 0.15) is 32.9 Å². The van der Waals surface area contributed by atoms with Gasteiger partial charge < -0.3 is 34.5 Å². The van der Waals surface area contributed by atoms with Crippen LogP contribution in [0.2, 0.25) is 0 Å². The summed E-state index contributed by atoms with van der Waals surface area (Å²) in [6, 6.07) is -1.34. The number of rotatable bonds is 11. The number of halogens is 1. The Balaban J connectivity index is 1.92. The SMILES string of the molecule is BOC(=O)C1=C(CI)C[S+]([O-])[C@@H]2[C@H](NC(=O)/C(=N\O[C@@H](CC(N)=O)C(=O)OB)c3csc(NC(=O)OC(C)(C)C)n3)C(=O)N12. The summed E-state index contributed by atoms with van der Waals surface area (Å²) in [5.74, 6) is -4.56. The number of β-lactam (4-membered cyclic amide) rings is 1. The average molecular weight is 764 g/mol. The van der Waals surface area contributed by atoms with E-state index < -0.39 is 82.2 Å². The lowest BCUT2D eigenvalue weighted by Gasteiger charge is -2.49. The van der Waals surface area contributed by atoms with Gasteiger partial charge in [0, 0.05) is 15.4 Å². The molecule has 0 bridgehead atoms. The summed E-state index contributed by atoms with van der Waals surface area (Å²) in [5, 5.41) is 8.77. The molecule has 0 spiro atoms. The van der Waals surface area contributed by atoms with Crippen molar-refractivity contribution in [1.82, 2.24) is 15.2 Å². The van der Waals surface area contributed by atoms with Crippen molar-refractivity contribution in [2.45, 2.75) is 50.3 Å². The smallest absolute Gasteiger partial charge is 0.413 e. The highest BCUT2D eigenvalue weighted by Crippen LogP contribution is 2.37. The second-order valence-electron chi connectivity index (χ2n) is 10.0. The maximum Gasteiger partial charge on any atom is 0.413 e. The summed E-state index contributed by atoms with van der Waals surface area (Å²) in [6.07, 6.45) is -3.11. The number of carbonyl (C=O) groups is 6. The lowest BCUT2D eigenvalue weighted by molar-refractivity contribution is -0.150. The molecule has 4 atom stereocenters. The molecule has 0 radical (unpaired) electrons. The van der Waals surface area contributed by atoms with Gasteiger partial charge in [-0.2, -0.15) is 0 Å². The maximum atomic E-state index is 13.5. The van der Waals surface area contributed by atoms with E-state index in [1.807, 2.05) is 22.6 Å². The number of nitrogens with one attached hydrogen (secondary N) is 2. The minimum Gasteiger partial charge on any atom is -0.614 e. The third kappa shape index (κ3) is 8.21. The molecule has 4 N–H and O–H groups in total. The monoisotopic (exact) mass is 764 g/mol. The number of oxime groups is 1. The van der Waals surface area contributed by atoms with Crippen LogP contribution in [0.4, 0.5) is 9.93 Å². The van der Waals surface area contributed by atoms with Crippen LogP contribution in [0.15, 0.2) is 21.8 Å². The fourth-order valence-corrected chi connectivity index (χ4v) is 7.24. The first-order valence-electron chi connectivity index (χ1n) is 12.5. The Hall–Kier alpha value is -3.37. The van der Waals surface area contributed by atoms with E-state index in [9.17, 15) is 33.3 Å². The van der Waals surface area contributed by atoms with Crippen molar-refractivity contribution in [3.8, 4) is 0 Å². The minimum absolute atomic E-state index is 0.00475. The van der Waals surface area contributed by atoms with E-state index in [1.54, 1.807) is 20.8 Å². The van der Waals surface area contributed by atoms with Gasteiger partial charge in [0.1, 0.15) is 22.7 Å². The highest BCUT2D eigenvalue weighted by atomic mass is 127. The quantitative estimate of drug-likeness (QED) is 0.0412. The van der Waals surface area contributed by atoms with Gasteiger partial charge in [-0.3, -0.25) is 24.6 Å². The Labute approximate surface area is 273 Å². The lowest BCUT2D eigenvalue weighted by atomic mass is 10.0. The molecule has 2 aliphatic rings. The third-order valence-electron chi connectivity index (χ3n) is 5.72. The van der Waals surface area contributed by atoms with Gasteiger partial charge in [0.15, 0.2) is 16.9 Å². The molecule has 1 aromatic heterocycles. The van der Waals surface area contributed by atoms with Crippen molar-refractivity contribution in [1.29, 1.82) is 0 Å². The van der Waals surface area contributed by atoms with E-state index in [0.29, 0.717) is 10.0 Å². The molecule has 0 saturated carbocycles. The van der Waals surface area contributed by atoms with Gasteiger partial charge in [-0.05, 0) is 31.9 Å². The molecule has 22 heteroatoms. The number of anilines is 1. The number of hydrogen-bond acceptors (Lipinski definition) is 14. The molecule has 44 heavy (non-hydrogen) atoms. The number of primary amides is 1. The van der Waals surface area contributed by atoms with E-state index in [1.165, 1.54) is 5.38 Å². The first-order valence-corrected chi connectivity index (χ1v) is 16.3. The van der Waals surface area contributed by atoms with E-state index in [4.69, 9.17) is 20.0 Å². The van der Waals surface area contributed by atoms with Crippen LogP contribution in [-0.2, 0) is 54.0 Å². The minimum atomic E-state index is -1.70. The lowest BCUT2D eigenvalue weighted by Crippen LogP contribution is -2.75. The summed E-state index contributed by atoms with van der Waals surface area (Å²) >= 11 is 1.16. The normalized spacial score (nSPS) is 20.5. The van der Waals surface area contributed by atoms with Crippen LogP contribution in [-0.4, -0.2) is 105 Å². The molecule has 3 rings (SSSR count). The van der Waals surface area contributed by atoms with Crippen molar-refractivity contribution in [2.24, 2.45) is 10.9 Å². The van der Waals surface area contributed by atoms with Crippen LogP contribution in [0.3, 0.4) is 0 Å². The predicted molar refractivity (Wildman–Crippen MR) is 168 cm³/mol. The van der Waals surface area contributed by atoms with Crippen LogP contribution < -0.4 is 16.4 Å². The van der Waals surface area contributed by atoms with Crippen molar-refractivity contribution in [3.63, 3.8) is 0 Å². The molecule has 4 amide bonds. The van der Waals surface area contributed by atoms with Gasteiger partial charge in [-0.15, -0.1) is 11.3 Å². The molecule has 3 heterocycles. The zero-order valence-electron chi connectivity index (χ0n) is 24.0. The topological polar surface area (TPSA) is 241 Å². The molecule has 0 aliphatic carbocycles. The predicted octanol–water partition coefficient (Wildman–Crippen LogP) is -2.26. The molecule has 1 saturated heterocycles. The van der Waals surface area contributed by atoms with Crippen LogP contribution in [0.5, 0.6) is 0 Å². The second kappa shape index (κ2) is 14.6. The number of thiazole rings is 1. The fraction of sp³-hybridized carbons (Fsp3) is 0.455. The molecule has 17 nitrogen and oxygen atoms in total. The molecule has 1 aromatic rings.